The monoisotopic (exact) mass is 268 g/mol. The first kappa shape index (κ1) is 11.9. The molecule has 0 unspecified atom stereocenters. The Balaban J connectivity index is 2.29. The molecule has 2 heterocycles. The number of aromatic nitrogens is 2. The lowest BCUT2D eigenvalue weighted by Crippen LogP contribution is -2.00. The van der Waals surface area contributed by atoms with Crippen LogP contribution < -0.4 is 0 Å². The van der Waals surface area contributed by atoms with E-state index in [1.54, 1.807) is 7.11 Å². The average Bonchev–Trinajstić information content (AvgIpc) is 2.87. The summed E-state index contributed by atoms with van der Waals surface area (Å²) in [5, 5.41) is 0.408. The highest BCUT2D eigenvalue weighted by Gasteiger charge is 2.15. The van der Waals surface area contributed by atoms with E-state index in [1.807, 2.05) is 59.1 Å². The maximum Gasteiger partial charge on any atom is 0.212 e. The number of thiocarbonyl (C=S) groups is 1. The minimum atomic E-state index is 0.408. The van der Waals surface area contributed by atoms with Gasteiger partial charge in [0, 0.05) is 11.8 Å². The Morgan fingerprint density at radius 2 is 1.84 bits per heavy atom. The second kappa shape index (κ2) is 4.82. The second-order valence-corrected chi connectivity index (χ2v) is 4.47. The van der Waals surface area contributed by atoms with E-state index < -0.39 is 0 Å². The van der Waals surface area contributed by atoms with Gasteiger partial charge in [0.25, 0.3) is 0 Å². The van der Waals surface area contributed by atoms with E-state index in [4.69, 9.17) is 17.0 Å². The Morgan fingerprint density at radius 3 is 2.58 bits per heavy atom. The minimum Gasteiger partial charge on any atom is -0.485 e. The normalized spacial score (nSPS) is 10.6. The van der Waals surface area contributed by atoms with Crippen molar-refractivity contribution in [1.82, 2.24) is 9.38 Å². The largest absolute Gasteiger partial charge is 0.485 e. The van der Waals surface area contributed by atoms with Crippen molar-refractivity contribution in [3.05, 3.63) is 60.4 Å². The molecule has 1 aromatic carbocycles. The highest BCUT2D eigenvalue weighted by Crippen LogP contribution is 2.23. The Bertz CT molecular complexity index is 734. The molecule has 0 saturated heterocycles. The van der Waals surface area contributed by atoms with Crippen molar-refractivity contribution in [1.29, 1.82) is 0 Å². The number of methoxy groups -OCH3 is 1. The van der Waals surface area contributed by atoms with Gasteiger partial charge in [0.15, 0.2) is 0 Å². The summed E-state index contributed by atoms with van der Waals surface area (Å²) in [5.41, 5.74) is 2.71. The number of nitrogens with zero attached hydrogens (tertiary/aromatic N) is 2. The van der Waals surface area contributed by atoms with E-state index in [0.29, 0.717) is 10.7 Å². The molecule has 0 amide bonds. The lowest BCUT2D eigenvalue weighted by molar-refractivity contribution is 0.415. The van der Waals surface area contributed by atoms with Crippen LogP contribution in [0.5, 0.6) is 0 Å². The smallest absolute Gasteiger partial charge is 0.212 e. The Labute approximate surface area is 116 Å². The first-order valence-corrected chi connectivity index (χ1v) is 6.33. The van der Waals surface area contributed by atoms with Gasteiger partial charge in [-0.3, -0.25) is 4.40 Å². The average molecular weight is 268 g/mol. The topological polar surface area (TPSA) is 26.5 Å². The highest BCUT2D eigenvalue weighted by atomic mass is 32.1. The molecule has 0 fully saturated rings. The molecular weight excluding hydrogens is 256 g/mol. The SMILES string of the molecule is COC(=S)c1nc(-c2ccccc2)n2ccccc12. The van der Waals surface area contributed by atoms with E-state index in [-0.39, 0.29) is 0 Å². The highest BCUT2D eigenvalue weighted by molar-refractivity contribution is 7.80. The van der Waals surface area contributed by atoms with Gasteiger partial charge in [-0.1, -0.05) is 36.4 Å². The molecule has 0 aliphatic heterocycles. The Kier molecular flexibility index (Phi) is 3.01. The van der Waals surface area contributed by atoms with Gasteiger partial charge in [-0.15, -0.1) is 0 Å². The molecule has 19 heavy (non-hydrogen) atoms. The van der Waals surface area contributed by atoms with Crippen LogP contribution in [0.2, 0.25) is 0 Å². The maximum atomic E-state index is 5.21. The lowest BCUT2D eigenvalue weighted by Gasteiger charge is -2.00. The van der Waals surface area contributed by atoms with Crippen LogP contribution in [0, 0.1) is 0 Å². The summed E-state index contributed by atoms with van der Waals surface area (Å²) in [5.74, 6) is 0.866. The van der Waals surface area contributed by atoms with Crippen LogP contribution in [-0.4, -0.2) is 21.5 Å². The molecule has 0 saturated carbocycles. The molecule has 0 bridgehead atoms. The molecule has 2 aromatic heterocycles. The van der Waals surface area contributed by atoms with Gasteiger partial charge in [0.2, 0.25) is 5.05 Å². The molecular formula is C15H12N2OS. The number of imidazole rings is 1. The predicted molar refractivity (Wildman–Crippen MR) is 79.3 cm³/mol. The van der Waals surface area contributed by atoms with Crippen molar-refractivity contribution in [2.45, 2.75) is 0 Å². The first-order valence-electron chi connectivity index (χ1n) is 5.92. The molecule has 4 heteroatoms. The van der Waals surface area contributed by atoms with E-state index >= 15 is 0 Å². The first-order chi connectivity index (χ1) is 9.31. The zero-order valence-electron chi connectivity index (χ0n) is 10.4. The fourth-order valence-corrected chi connectivity index (χ4v) is 2.23. The molecule has 3 rings (SSSR count). The van der Waals surface area contributed by atoms with Crippen molar-refractivity contribution in [3.63, 3.8) is 0 Å². The zero-order valence-corrected chi connectivity index (χ0v) is 11.2. The van der Waals surface area contributed by atoms with Crippen LogP contribution in [0.3, 0.4) is 0 Å². The summed E-state index contributed by atoms with van der Waals surface area (Å²) in [4.78, 5) is 4.63. The lowest BCUT2D eigenvalue weighted by atomic mass is 10.2. The van der Waals surface area contributed by atoms with Crippen molar-refractivity contribution in [3.8, 4) is 11.4 Å². The van der Waals surface area contributed by atoms with Crippen LogP contribution >= 0.6 is 12.2 Å². The maximum absolute atomic E-state index is 5.21. The predicted octanol–water partition coefficient (Wildman–Crippen LogP) is 3.32. The summed E-state index contributed by atoms with van der Waals surface area (Å²) in [6, 6.07) is 16.0. The van der Waals surface area contributed by atoms with Gasteiger partial charge >= 0.3 is 0 Å². The standard InChI is InChI=1S/C15H12N2OS/c1-18-15(19)13-12-9-5-6-10-17(12)14(16-13)11-7-3-2-4-8-11/h2-10H,1H3. The third-order valence-corrected chi connectivity index (χ3v) is 3.32. The van der Waals surface area contributed by atoms with Crippen LogP contribution in [-0.2, 0) is 4.74 Å². The fraction of sp³-hybridized carbons (Fsp3) is 0.0667. The van der Waals surface area contributed by atoms with Crippen molar-refractivity contribution < 1.29 is 4.74 Å². The molecule has 0 aliphatic carbocycles. The number of pyridine rings is 1. The molecule has 94 valence electrons. The number of benzene rings is 1. The van der Waals surface area contributed by atoms with Gasteiger partial charge in [-0.2, -0.15) is 0 Å². The Morgan fingerprint density at radius 1 is 1.11 bits per heavy atom. The summed E-state index contributed by atoms with van der Waals surface area (Å²) < 4.78 is 7.17. The molecule has 0 spiro atoms. The number of ether oxygens (including phenoxy) is 1. The van der Waals surface area contributed by atoms with Crippen molar-refractivity contribution >= 4 is 22.8 Å². The summed E-state index contributed by atoms with van der Waals surface area (Å²) in [6.45, 7) is 0. The number of hydrogen-bond donors (Lipinski definition) is 0. The molecule has 0 N–H and O–H groups in total. The van der Waals surface area contributed by atoms with Crippen LogP contribution in [0.25, 0.3) is 16.9 Å². The van der Waals surface area contributed by atoms with Crippen molar-refractivity contribution in [2.75, 3.05) is 7.11 Å². The number of rotatable bonds is 2. The number of fused-ring (bicyclic) bond motifs is 1. The van der Waals surface area contributed by atoms with Gasteiger partial charge < -0.3 is 4.74 Å². The van der Waals surface area contributed by atoms with E-state index in [9.17, 15) is 0 Å². The third kappa shape index (κ3) is 2.00. The van der Waals surface area contributed by atoms with Crippen LogP contribution in [0.1, 0.15) is 5.69 Å². The molecule has 3 nitrogen and oxygen atoms in total. The minimum absolute atomic E-state index is 0.408. The van der Waals surface area contributed by atoms with Crippen molar-refractivity contribution in [2.24, 2.45) is 0 Å². The molecule has 0 aliphatic rings. The third-order valence-electron chi connectivity index (χ3n) is 2.96. The van der Waals surface area contributed by atoms with Gasteiger partial charge in [-0.25, -0.2) is 4.98 Å². The summed E-state index contributed by atoms with van der Waals surface area (Å²) >= 11 is 5.21. The quantitative estimate of drug-likeness (QED) is 0.667. The van der Waals surface area contributed by atoms with Crippen LogP contribution in [0.4, 0.5) is 0 Å². The molecule has 3 aromatic rings. The van der Waals surface area contributed by atoms with Gasteiger partial charge in [-0.05, 0) is 24.4 Å². The fourth-order valence-electron chi connectivity index (χ4n) is 2.08. The summed E-state index contributed by atoms with van der Waals surface area (Å²) in [7, 11) is 1.57. The zero-order chi connectivity index (χ0) is 13.2. The van der Waals surface area contributed by atoms with Gasteiger partial charge in [0.1, 0.15) is 11.5 Å². The summed E-state index contributed by atoms with van der Waals surface area (Å²) in [6.07, 6.45) is 1.98. The molecule has 0 radical (unpaired) electrons. The number of hydrogen-bond acceptors (Lipinski definition) is 3. The van der Waals surface area contributed by atoms with Gasteiger partial charge in [0.05, 0.1) is 12.6 Å². The van der Waals surface area contributed by atoms with E-state index in [0.717, 1.165) is 16.9 Å². The molecule has 0 atom stereocenters. The van der Waals surface area contributed by atoms with E-state index in [2.05, 4.69) is 4.98 Å². The Hall–Kier alpha value is -2.20. The second-order valence-electron chi connectivity index (χ2n) is 4.10. The van der Waals surface area contributed by atoms with Crippen LogP contribution in [0.15, 0.2) is 54.7 Å². The van der Waals surface area contributed by atoms with E-state index in [1.165, 1.54) is 0 Å².